The van der Waals surface area contributed by atoms with E-state index >= 15 is 0 Å². The maximum Gasteiger partial charge on any atom is 0.460 e. The van der Waals surface area contributed by atoms with Crippen molar-refractivity contribution in [3.05, 3.63) is 0 Å². The van der Waals surface area contributed by atoms with Crippen LogP contribution in [0.15, 0.2) is 0 Å². The van der Waals surface area contributed by atoms with Gasteiger partial charge in [-0.25, -0.2) is 0 Å². The van der Waals surface area contributed by atoms with Crippen LogP contribution in [0.1, 0.15) is 60.8 Å². The lowest BCUT2D eigenvalue weighted by Crippen LogP contribution is -2.41. The quantitative estimate of drug-likeness (QED) is 0.662. The van der Waals surface area contributed by atoms with Crippen LogP contribution in [0, 0.1) is 0 Å². The molecule has 1 saturated heterocycles. The zero-order valence-electron chi connectivity index (χ0n) is 11.1. The Morgan fingerprint density at radius 1 is 1.07 bits per heavy atom. The van der Waals surface area contributed by atoms with Gasteiger partial charge in [-0.3, -0.25) is 0 Å². The predicted molar refractivity (Wildman–Crippen MR) is 65.0 cm³/mol. The number of hydrogen-bond acceptors (Lipinski definition) is 2. The number of rotatable bonds is 4. The van der Waals surface area contributed by atoms with Crippen molar-refractivity contribution in [2.45, 2.75) is 77.8 Å². The van der Waals surface area contributed by atoms with Gasteiger partial charge in [0.05, 0.1) is 11.2 Å². The van der Waals surface area contributed by atoms with E-state index in [1.54, 1.807) is 0 Å². The predicted octanol–water partition coefficient (Wildman–Crippen LogP) is 3.66. The van der Waals surface area contributed by atoms with Crippen LogP contribution in [0.25, 0.3) is 0 Å². The molecule has 1 aliphatic rings. The van der Waals surface area contributed by atoms with E-state index in [2.05, 4.69) is 41.5 Å². The van der Waals surface area contributed by atoms with E-state index in [-0.39, 0.29) is 18.3 Å². The summed E-state index contributed by atoms with van der Waals surface area (Å²) in [7, 11) is -0.0263. The fourth-order valence-electron chi connectivity index (χ4n) is 1.78. The minimum atomic E-state index is -0.182. The fraction of sp³-hybridized carbons (Fsp3) is 1.00. The number of unbranched alkanes of at least 4 members (excludes halogenated alkanes) is 1. The van der Waals surface area contributed by atoms with Gasteiger partial charge in [0.1, 0.15) is 0 Å². The van der Waals surface area contributed by atoms with E-state index in [1.807, 2.05) is 0 Å². The lowest BCUT2D eigenvalue weighted by molar-refractivity contribution is 0.00578. The molecular weight excluding hydrogens is 187 g/mol. The molecule has 1 heterocycles. The first-order valence-corrected chi connectivity index (χ1v) is 6.16. The first-order chi connectivity index (χ1) is 6.80. The van der Waals surface area contributed by atoms with Gasteiger partial charge in [-0.1, -0.05) is 33.1 Å². The zero-order chi connectivity index (χ0) is 11.7. The lowest BCUT2D eigenvalue weighted by atomic mass is 9.70. The Balaban J connectivity index is 2.54. The summed E-state index contributed by atoms with van der Waals surface area (Å²) in [4.78, 5) is 0. The van der Waals surface area contributed by atoms with Crippen LogP contribution in [0.2, 0.25) is 5.82 Å². The summed E-state index contributed by atoms with van der Waals surface area (Å²) in [5.74, 6) is 0.492. The van der Waals surface area contributed by atoms with Gasteiger partial charge in [0.25, 0.3) is 0 Å². The van der Waals surface area contributed by atoms with E-state index < -0.39 is 0 Å². The zero-order valence-corrected chi connectivity index (χ0v) is 11.1. The largest absolute Gasteiger partial charge is 0.460 e. The third kappa shape index (κ3) is 2.76. The molecule has 0 spiro atoms. The maximum absolute atomic E-state index is 6.00. The van der Waals surface area contributed by atoms with Crippen LogP contribution >= 0.6 is 0 Å². The minimum Gasteiger partial charge on any atom is -0.403 e. The van der Waals surface area contributed by atoms with Crippen molar-refractivity contribution in [1.82, 2.24) is 0 Å². The summed E-state index contributed by atoms with van der Waals surface area (Å²) >= 11 is 0. The molecule has 0 amide bonds. The topological polar surface area (TPSA) is 18.5 Å². The van der Waals surface area contributed by atoms with Crippen LogP contribution in [0.3, 0.4) is 0 Å². The highest BCUT2D eigenvalue weighted by atomic mass is 16.7. The fourth-order valence-corrected chi connectivity index (χ4v) is 1.78. The minimum absolute atomic E-state index is 0.0263. The van der Waals surface area contributed by atoms with Gasteiger partial charge in [-0.15, -0.1) is 0 Å². The van der Waals surface area contributed by atoms with Crippen molar-refractivity contribution in [2.24, 2.45) is 0 Å². The third-order valence-corrected chi connectivity index (χ3v) is 3.75. The SMILES string of the molecule is CCCC[C@@H](C)B1OC(C)(C)C(C)(C)O1. The third-order valence-electron chi connectivity index (χ3n) is 3.75. The Hall–Kier alpha value is -0.0151. The van der Waals surface area contributed by atoms with Crippen LogP contribution in [0.4, 0.5) is 0 Å². The van der Waals surface area contributed by atoms with Gasteiger partial charge in [0.2, 0.25) is 0 Å². The molecule has 1 atom stereocenters. The molecule has 0 radical (unpaired) electrons. The Labute approximate surface area is 94.9 Å². The molecule has 2 nitrogen and oxygen atoms in total. The average Bonchev–Trinajstić information content (AvgIpc) is 2.32. The molecule has 88 valence electrons. The van der Waals surface area contributed by atoms with Gasteiger partial charge >= 0.3 is 7.12 Å². The summed E-state index contributed by atoms with van der Waals surface area (Å²) < 4.78 is 12.0. The first kappa shape index (κ1) is 13.1. The second-order valence-electron chi connectivity index (χ2n) is 5.74. The van der Waals surface area contributed by atoms with Crippen molar-refractivity contribution in [3.63, 3.8) is 0 Å². The molecule has 1 fully saturated rings. The van der Waals surface area contributed by atoms with Crippen LogP contribution < -0.4 is 0 Å². The Morgan fingerprint density at radius 3 is 1.93 bits per heavy atom. The summed E-state index contributed by atoms with van der Waals surface area (Å²) in [5, 5.41) is 0. The molecule has 0 aliphatic carbocycles. The smallest absolute Gasteiger partial charge is 0.403 e. The van der Waals surface area contributed by atoms with E-state index in [0.717, 1.165) is 0 Å². The summed E-state index contributed by atoms with van der Waals surface area (Å²) in [6, 6.07) is 0. The Morgan fingerprint density at radius 2 is 1.53 bits per heavy atom. The molecule has 0 saturated carbocycles. The van der Waals surface area contributed by atoms with Gasteiger partial charge in [0.15, 0.2) is 0 Å². The standard InChI is InChI=1S/C12H25BO2/c1-7-8-9-10(2)13-14-11(3,4)12(5,6)15-13/h10H,7-9H2,1-6H3/t10-/m1/s1. The van der Waals surface area contributed by atoms with Crippen molar-refractivity contribution in [2.75, 3.05) is 0 Å². The monoisotopic (exact) mass is 212 g/mol. The molecule has 0 aromatic heterocycles. The second kappa shape index (κ2) is 4.46. The molecule has 3 heteroatoms. The second-order valence-corrected chi connectivity index (χ2v) is 5.74. The lowest BCUT2D eigenvalue weighted by Gasteiger charge is -2.32. The van der Waals surface area contributed by atoms with Crippen LogP contribution in [-0.4, -0.2) is 18.3 Å². The maximum atomic E-state index is 6.00. The normalized spacial score (nSPS) is 25.6. The number of hydrogen-bond donors (Lipinski definition) is 0. The molecule has 0 unspecified atom stereocenters. The van der Waals surface area contributed by atoms with E-state index in [1.165, 1.54) is 19.3 Å². The van der Waals surface area contributed by atoms with Crippen molar-refractivity contribution in [3.8, 4) is 0 Å². The Kier molecular flexibility index (Phi) is 3.88. The van der Waals surface area contributed by atoms with Crippen molar-refractivity contribution in [1.29, 1.82) is 0 Å². The molecular formula is C12H25BO2. The van der Waals surface area contributed by atoms with Crippen molar-refractivity contribution >= 4 is 7.12 Å². The Bertz CT molecular complexity index is 198. The molecule has 1 rings (SSSR count). The highest BCUT2D eigenvalue weighted by Crippen LogP contribution is 2.40. The highest BCUT2D eigenvalue weighted by Gasteiger charge is 2.52. The summed E-state index contributed by atoms with van der Waals surface area (Å²) in [6.07, 6.45) is 3.68. The van der Waals surface area contributed by atoms with E-state index in [4.69, 9.17) is 9.31 Å². The highest BCUT2D eigenvalue weighted by molar-refractivity contribution is 6.47. The van der Waals surface area contributed by atoms with Gasteiger partial charge < -0.3 is 9.31 Å². The van der Waals surface area contributed by atoms with Gasteiger partial charge in [0, 0.05) is 0 Å². The molecule has 0 aromatic rings. The molecule has 0 aromatic carbocycles. The van der Waals surface area contributed by atoms with Crippen LogP contribution in [-0.2, 0) is 9.31 Å². The van der Waals surface area contributed by atoms with E-state index in [9.17, 15) is 0 Å². The molecule has 0 N–H and O–H groups in total. The molecule has 0 bridgehead atoms. The summed E-state index contributed by atoms with van der Waals surface area (Å²) in [6.45, 7) is 12.9. The van der Waals surface area contributed by atoms with Gasteiger partial charge in [-0.2, -0.15) is 0 Å². The van der Waals surface area contributed by atoms with Gasteiger partial charge in [-0.05, 0) is 33.5 Å². The van der Waals surface area contributed by atoms with Crippen molar-refractivity contribution < 1.29 is 9.31 Å². The average molecular weight is 212 g/mol. The van der Waals surface area contributed by atoms with Crippen LogP contribution in [0.5, 0.6) is 0 Å². The van der Waals surface area contributed by atoms with E-state index in [0.29, 0.717) is 5.82 Å². The molecule has 15 heavy (non-hydrogen) atoms. The molecule has 1 aliphatic heterocycles. The first-order valence-electron chi connectivity index (χ1n) is 6.16. The summed E-state index contributed by atoms with van der Waals surface area (Å²) in [5.41, 5.74) is -0.365.